The van der Waals surface area contributed by atoms with Crippen molar-refractivity contribution in [1.82, 2.24) is 15.5 Å². The summed E-state index contributed by atoms with van der Waals surface area (Å²) in [5.41, 5.74) is 7.81. The second-order valence-electron chi connectivity index (χ2n) is 8.47. The number of amides is 3. The van der Waals surface area contributed by atoms with Crippen LogP contribution in [0.15, 0.2) is 54.6 Å². The van der Waals surface area contributed by atoms with E-state index in [1.807, 2.05) is 37.3 Å². The van der Waals surface area contributed by atoms with Crippen molar-refractivity contribution in [1.29, 1.82) is 0 Å². The normalized spacial score (nSPS) is 19.6. The highest BCUT2D eigenvalue weighted by Crippen LogP contribution is 2.22. The maximum atomic E-state index is 13.4. The van der Waals surface area contributed by atoms with Crippen LogP contribution in [0.5, 0.6) is 5.75 Å². The van der Waals surface area contributed by atoms with E-state index in [0.717, 1.165) is 17.5 Å². The molecule has 1 saturated heterocycles. The first-order chi connectivity index (χ1) is 15.8. The van der Waals surface area contributed by atoms with E-state index in [1.54, 1.807) is 24.0 Å². The van der Waals surface area contributed by atoms with E-state index >= 15 is 0 Å². The maximum absolute atomic E-state index is 13.4. The van der Waals surface area contributed by atoms with Gasteiger partial charge in [0.2, 0.25) is 17.7 Å². The van der Waals surface area contributed by atoms with Gasteiger partial charge in [0.25, 0.3) is 0 Å². The van der Waals surface area contributed by atoms with Gasteiger partial charge in [-0.1, -0.05) is 55.8 Å². The SMILES string of the molecule is CCCC1NC(=O)[C@@H](Cc2ccccc2)N1C(=O)[C@H](C)NC(=O)[C@@H](N)Cc1ccc(O)cc1. The molecule has 176 valence electrons. The third-order valence-electron chi connectivity index (χ3n) is 5.83. The summed E-state index contributed by atoms with van der Waals surface area (Å²) in [7, 11) is 0. The van der Waals surface area contributed by atoms with E-state index in [2.05, 4.69) is 10.6 Å². The Morgan fingerprint density at radius 1 is 1.12 bits per heavy atom. The molecule has 4 atom stereocenters. The molecule has 1 fully saturated rings. The molecule has 33 heavy (non-hydrogen) atoms. The minimum Gasteiger partial charge on any atom is -0.508 e. The molecular formula is C25H32N4O4. The van der Waals surface area contributed by atoms with Crippen LogP contribution in [0, 0.1) is 0 Å². The molecule has 0 bridgehead atoms. The fourth-order valence-electron chi connectivity index (χ4n) is 4.08. The van der Waals surface area contributed by atoms with Crippen molar-refractivity contribution in [2.45, 2.75) is 63.8 Å². The summed E-state index contributed by atoms with van der Waals surface area (Å²) in [6.07, 6.45) is 1.69. The van der Waals surface area contributed by atoms with Gasteiger partial charge in [-0.25, -0.2) is 0 Å². The van der Waals surface area contributed by atoms with E-state index < -0.39 is 30.2 Å². The second kappa shape index (κ2) is 11.0. The highest BCUT2D eigenvalue weighted by atomic mass is 16.3. The molecule has 3 rings (SSSR count). The largest absolute Gasteiger partial charge is 0.508 e. The van der Waals surface area contributed by atoms with Crippen LogP contribution in [-0.2, 0) is 27.2 Å². The van der Waals surface area contributed by atoms with E-state index in [4.69, 9.17) is 5.73 Å². The number of nitrogens with one attached hydrogen (secondary N) is 2. The predicted molar refractivity (Wildman–Crippen MR) is 125 cm³/mol. The number of carbonyl (C=O) groups is 3. The monoisotopic (exact) mass is 452 g/mol. The molecule has 1 heterocycles. The Labute approximate surface area is 194 Å². The first-order valence-corrected chi connectivity index (χ1v) is 11.3. The number of phenolic OH excluding ortho intramolecular Hbond substituents is 1. The van der Waals surface area contributed by atoms with Gasteiger partial charge in [-0.05, 0) is 43.0 Å². The standard InChI is InChI=1S/C25H32N4O4/c1-3-7-22-28-24(32)21(15-17-8-5-4-6-9-17)29(22)25(33)16(2)27-23(31)20(26)14-18-10-12-19(30)13-11-18/h4-6,8-13,16,20-22,30H,3,7,14-15,26H2,1-2H3,(H,27,31)(H,28,32)/t16-,20-,21+,22?/m0/s1. The van der Waals surface area contributed by atoms with Gasteiger partial charge >= 0.3 is 0 Å². The molecule has 1 aliphatic heterocycles. The number of phenols is 1. The van der Waals surface area contributed by atoms with Crippen LogP contribution < -0.4 is 16.4 Å². The Balaban J connectivity index is 1.68. The Bertz CT molecular complexity index is 964. The number of nitrogens with zero attached hydrogens (tertiary/aromatic N) is 1. The van der Waals surface area contributed by atoms with Gasteiger partial charge in [-0.3, -0.25) is 14.4 Å². The average molecular weight is 453 g/mol. The quantitative estimate of drug-likeness (QED) is 0.459. The molecule has 5 N–H and O–H groups in total. The third-order valence-corrected chi connectivity index (χ3v) is 5.83. The summed E-state index contributed by atoms with van der Waals surface area (Å²) in [6, 6.07) is 13.7. The lowest BCUT2D eigenvalue weighted by Crippen LogP contribution is -2.55. The molecule has 2 aromatic carbocycles. The Hall–Kier alpha value is -3.39. The maximum Gasteiger partial charge on any atom is 0.247 e. The van der Waals surface area contributed by atoms with E-state index in [-0.39, 0.29) is 24.0 Å². The van der Waals surface area contributed by atoms with Crippen LogP contribution in [0.25, 0.3) is 0 Å². The summed E-state index contributed by atoms with van der Waals surface area (Å²) >= 11 is 0. The molecule has 1 unspecified atom stereocenters. The van der Waals surface area contributed by atoms with E-state index in [0.29, 0.717) is 12.8 Å². The fourth-order valence-corrected chi connectivity index (χ4v) is 4.08. The Morgan fingerprint density at radius 3 is 2.42 bits per heavy atom. The molecule has 0 saturated carbocycles. The van der Waals surface area contributed by atoms with Crippen molar-refractivity contribution < 1.29 is 19.5 Å². The zero-order valence-electron chi connectivity index (χ0n) is 19.0. The molecule has 1 aliphatic rings. The number of hydrogen-bond acceptors (Lipinski definition) is 5. The molecule has 3 amide bonds. The number of hydrogen-bond donors (Lipinski definition) is 4. The number of carbonyl (C=O) groups excluding carboxylic acids is 3. The van der Waals surface area contributed by atoms with Gasteiger partial charge in [0.1, 0.15) is 24.0 Å². The summed E-state index contributed by atoms with van der Waals surface area (Å²) in [5.74, 6) is -0.823. The molecule has 8 nitrogen and oxygen atoms in total. The molecule has 0 radical (unpaired) electrons. The molecule has 8 heteroatoms. The van der Waals surface area contributed by atoms with Crippen LogP contribution >= 0.6 is 0 Å². The Morgan fingerprint density at radius 2 is 1.79 bits per heavy atom. The van der Waals surface area contributed by atoms with Crippen molar-refractivity contribution in [3.63, 3.8) is 0 Å². The first-order valence-electron chi connectivity index (χ1n) is 11.3. The fraction of sp³-hybridized carbons (Fsp3) is 0.400. The molecule has 0 spiro atoms. The topological polar surface area (TPSA) is 125 Å². The number of nitrogens with two attached hydrogens (primary N) is 1. The summed E-state index contributed by atoms with van der Waals surface area (Å²) in [4.78, 5) is 40.3. The van der Waals surface area contributed by atoms with Crippen LogP contribution in [-0.4, -0.2) is 52.0 Å². The third kappa shape index (κ3) is 6.10. The zero-order valence-corrected chi connectivity index (χ0v) is 19.0. The van der Waals surface area contributed by atoms with Crippen molar-refractivity contribution in [3.8, 4) is 5.75 Å². The van der Waals surface area contributed by atoms with Gasteiger partial charge < -0.3 is 26.4 Å². The molecule has 0 aromatic heterocycles. The van der Waals surface area contributed by atoms with E-state index in [1.165, 1.54) is 12.1 Å². The lowest BCUT2D eigenvalue weighted by Gasteiger charge is -2.31. The highest BCUT2D eigenvalue weighted by Gasteiger charge is 2.43. The minimum absolute atomic E-state index is 0.136. The average Bonchev–Trinajstić information content (AvgIpc) is 3.10. The zero-order chi connectivity index (χ0) is 24.0. The van der Waals surface area contributed by atoms with Crippen LogP contribution in [0.4, 0.5) is 0 Å². The Kier molecular flexibility index (Phi) is 8.06. The minimum atomic E-state index is -0.852. The smallest absolute Gasteiger partial charge is 0.247 e. The molecule has 0 aliphatic carbocycles. The lowest BCUT2D eigenvalue weighted by molar-refractivity contribution is -0.140. The number of aromatic hydroxyl groups is 1. The van der Waals surface area contributed by atoms with Crippen LogP contribution in [0.1, 0.15) is 37.8 Å². The number of rotatable bonds is 9. The van der Waals surface area contributed by atoms with Crippen molar-refractivity contribution in [3.05, 3.63) is 65.7 Å². The van der Waals surface area contributed by atoms with Crippen molar-refractivity contribution >= 4 is 17.7 Å². The van der Waals surface area contributed by atoms with Crippen LogP contribution in [0.3, 0.4) is 0 Å². The van der Waals surface area contributed by atoms with Gasteiger partial charge in [0, 0.05) is 6.42 Å². The number of benzene rings is 2. The van der Waals surface area contributed by atoms with Gasteiger partial charge in [0.05, 0.1) is 6.04 Å². The first kappa shape index (κ1) is 24.3. The van der Waals surface area contributed by atoms with Crippen LogP contribution in [0.2, 0.25) is 0 Å². The van der Waals surface area contributed by atoms with Gasteiger partial charge in [0.15, 0.2) is 0 Å². The van der Waals surface area contributed by atoms with E-state index in [9.17, 15) is 19.5 Å². The lowest BCUT2D eigenvalue weighted by atomic mass is 10.0. The van der Waals surface area contributed by atoms with Crippen molar-refractivity contribution in [2.75, 3.05) is 0 Å². The van der Waals surface area contributed by atoms with Gasteiger partial charge in [-0.15, -0.1) is 0 Å². The summed E-state index contributed by atoms with van der Waals surface area (Å²) < 4.78 is 0. The summed E-state index contributed by atoms with van der Waals surface area (Å²) in [5, 5.41) is 15.0. The van der Waals surface area contributed by atoms with Gasteiger partial charge in [-0.2, -0.15) is 0 Å². The van der Waals surface area contributed by atoms with Crippen molar-refractivity contribution in [2.24, 2.45) is 5.73 Å². The molecule has 2 aromatic rings. The highest BCUT2D eigenvalue weighted by molar-refractivity contribution is 5.95. The second-order valence-corrected chi connectivity index (χ2v) is 8.47. The molecular weight excluding hydrogens is 420 g/mol. The predicted octanol–water partition coefficient (Wildman–Crippen LogP) is 1.46. The summed E-state index contributed by atoms with van der Waals surface area (Å²) in [6.45, 7) is 3.60.